The van der Waals surface area contributed by atoms with Crippen molar-refractivity contribution in [1.82, 2.24) is 4.98 Å². The van der Waals surface area contributed by atoms with Crippen molar-refractivity contribution in [3.63, 3.8) is 0 Å². The molecule has 0 aliphatic carbocycles. The van der Waals surface area contributed by atoms with Gasteiger partial charge in [-0.05, 0) is 12.1 Å². The molecule has 0 saturated carbocycles. The van der Waals surface area contributed by atoms with Gasteiger partial charge in [0.1, 0.15) is 15.9 Å². The van der Waals surface area contributed by atoms with Crippen molar-refractivity contribution in [2.75, 3.05) is 0 Å². The average Bonchev–Trinajstić information content (AvgIpc) is 2.86. The first kappa shape index (κ1) is 9.80. The summed E-state index contributed by atoms with van der Waals surface area (Å²) in [5.41, 5.74) is 0. The van der Waals surface area contributed by atoms with E-state index in [1.807, 2.05) is 23.7 Å². The highest BCUT2D eigenvalue weighted by atomic mass is 32.2. The van der Waals surface area contributed by atoms with Crippen LogP contribution in [0.1, 0.15) is 18.4 Å². The number of furan rings is 1. The predicted molar refractivity (Wildman–Crippen MR) is 59.8 cm³/mol. The van der Waals surface area contributed by atoms with Gasteiger partial charge in [0.05, 0.1) is 5.75 Å². The molecule has 0 spiro atoms. The van der Waals surface area contributed by atoms with Gasteiger partial charge < -0.3 is 4.42 Å². The summed E-state index contributed by atoms with van der Waals surface area (Å²) >= 11 is 3.38. The predicted octanol–water partition coefficient (Wildman–Crippen LogP) is 3.59. The Morgan fingerprint density at radius 3 is 2.93 bits per heavy atom. The molecule has 2 heterocycles. The fraction of sp³-hybridized carbons (Fsp3) is 0.300. The Morgan fingerprint density at radius 1 is 1.43 bits per heavy atom. The maximum absolute atomic E-state index is 5.59. The number of thiazole rings is 1. The molecule has 74 valence electrons. The molecule has 0 atom stereocenters. The van der Waals surface area contributed by atoms with Gasteiger partial charge in [-0.3, -0.25) is 0 Å². The van der Waals surface area contributed by atoms with E-state index < -0.39 is 0 Å². The van der Waals surface area contributed by atoms with Crippen LogP contribution >= 0.6 is 23.1 Å². The lowest BCUT2D eigenvalue weighted by atomic mass is 10.4. The molecule has 0 amide bonds. The first-order valence-electron chi connectivity index (χ1n) is 4.48. The molecule has 0 radical (unpaired) electrons. The Bertz CT molecular complexity index is 380. The van der Waals surface area contributed by atoms with E-state index in [2.05, 4.69) is 11.9 Å². The Morgan fingerprint density at radius 2 is 2.29 bits per heavy atom. The van der Waals surface area contributed by atoms with Crippen LogP contribution in [0.25, 0.3) is 0 Å². The van der Waals surface area contributed by atoms with E-state index in [9.17, 15) is 0 Å². The summed E-state index contributed by atoms with van der Waals surface area (Å²) in [6, 6.07) is 4.08. The van der Waals surface area contributed by atoms with E-state index in [1.54, 1.807) is 23.1 Å². The second-order valence-electron chi connectivity index (χ2n) is 2.81. The highest BCUT2D eigenvalue weighted by Crippen LogP contribution is 2.25. The molecule has 0 N–H and O–H groups in total. The highest BCUT2D eigenvalue weighted by Gasteiger charge is 2.02. The molecule has 0 aliphatic rings. The van der Waals surface area contributed by atoms with E-state index in [0.29, 0.717) is 0 Å². The Labute approximate surface area is 91.4 Å². The van der Waals surface area contributed by atoms with Gasteiger partial charge in [-0.1, -0.05) is 18.7 Å². The minimum absolute atomic E-state index is 0.869. The lowest BCUT2D eigenvalue weighted by molar-refractivity contribution is 0.485. The van der Waals surface area contributed by atoms with Crippen LogP contribution in [0.5, 0.6) is 0 Å². The second-order valence-corrected chi connectivity index (χ2v) is 4.93. The smallest absolute Gasteiger partial charge is 0.150 e. The number of aryl methyl sites for hydroxylation is 1. The molecule has 0 unspecified atom stereocenters. The first-order chi connectivity index (χ1) is 6.88. The van der Waals surface area contributed by atoms with Gasteiger partial charge >= 0.3 is 0 Å². The van der Waals surface area contributed by atoms with Crippen molar-refractivity contribution >= 4 is 23.1 Å². The second kappa shape index (κ2) is 4.66. The van der Waals surface area contributed by atoms with E-state index in [4.69, 9.17) is 4.42 Å². The molecule has 2 aromatic rings. The summed E-state index contributed by atoms with van der Waals surface area (Å²) in [6.07, 6.45) is 2.79. The maximum atomic E-state index is 5.59. The van der Waals surface area contributed by atoms with Gasteiger partial charge in [-0.2, -0.15) is 0 Å². The largest absolute Gasteiger partial charge is 0.465 e. The van der Waals surface area contributed by atoms with Crippen LogP contribution < -0.4 is 0 Å². The Kier molecular flexibility index (Phi) is 3.26. The minimum Gasteiger partial charge on any atom is -0.465 e. The molecule has 0 bridgehead atoms. The summed E-state index contributed by atoms with van der Waals surface area (Å²) in [7, 11) is 0. The van der Waals surface area contributed by atoms with Crippen molar-refractivity contribution in [1.29, 1.82) is 0 Å². The SMILES string of the molecule is CCc1ccc(CSc2nccs2)o1. The summed E-state index contributed by atoms with van der Waals surface area (Å²) in [4.78, 5) is 4.20. The number of thioether (sulfide) groups is 1. The minimum atomic E-state index is 0.869. The van der Waals surface area contributed by atoms with Gasteiger partial charge in [-0.15, -0.1) is 11.3 Å². The number of hydrogen-bond donors (Lipinski definition) is 0. The molecule has 0 aliphatic heterocycles. The normalized spacial score (nSPS) is 10.6. The summed E-state index contributed by atoms with van der Waals surface area (Å²) < 4.78 is 6.68. The fourth-order valence-electron chi connectivity index (χ4n) is 1.10. The van der Waals surface area contributed by atoms with Crippen molar-refractivity contribution in [2.24, 2.45) is 0 Å². The van der Waals surface area contributed by atoms with Crippen LogP contribution in [-0.4, -0.2) is 4.98 Å². The highest BCUT2D eigenvalue weighted by molar-refractivity contribution is 8.00. The molecule has 0 fully saturated rings. The molecule has 4 heteroatoms. The van der Waals surface area contributed by atoms with Crippen LogP contribution in [0.2, 0.25) is 0 Å². The van der Waals surface area contributed by atoms with Crippen LogP contribution in [0.4, 0.5) is 0 Å². The van der Waals surface area contributed by atoms with Crippen LogP contribution in [0.3, 0.4) is 0 Å². The van der Waals surface area contributed by atoms with Crippen LogP contribution in [-0.2, 0) is 12.2 Å². The number of rotatable bonds is 4. The average molecular weight is 225 g/mol. The fourth-order valence-corrected chi connectivity index (χ4v) is 2.64. The summed E-state index contributed by atoms with van der Waals surface area (Å²) in [5, 5.41) is 1.99. The maximum Gasteiger partial charge on any atom is 0.150 e. The third-order valence-corrected chi connectivity index (χ3v) is 3.80. The van der Waals surface area contributed by atoms with Gasteiger partial charge in [0.2, 0.25) is 0 Å². The quantitative estimate of drug-likeness (QED) is 0.744. The Balaban J connectivity index is 1.92. The molecule has 2 nitrogen and oxygen atoms in total. The van der Waals surface area contributed by atoms with Crippen molar-refractivity contribution in [3.8, 4) is 0 Å². The third kappa shape index (κ3) is 2.39. The van der Waals surface area contributed by atoms with Gasteiger partial charge in [-0.25, -0.2) is 4.98 Å². The van der Waals surface area contributed by atoms with Crippen molar-refractivity contribution in [3.05, 3.63) is 35.2 Å². The molecule has 2 rings (SSSR count). The molecule has 0 saturated heterocycles. The van der Waals surface area contributed by atoms with Crippen LogP contribution in [0.15, 0.2) is 32.5 Å². The zero-order valence-corrected chi connectivity index (χ0v) is 9.53. The number of hydrogen-bond acceptors (Lipinski definition) is 4. The number of aromatic nitrogens is 1. The first-order valence-corrected chi connectivity index (χ1v) is 6.35. The molecular formula is C10H11NOS2. The van der Waals surface area contributed by atoms with Gasteiger partial charge in [0, 0.05) is 18.0 Å². The van der Waals surface area contributed by atoms with E-state index in [1.165, 1.54) is 0 Å². The number of nitrogens with zero attached hydrogens (tertiary/aromatic N) is 1. The van der Waals surface area contributed by atoms with E-state index in [0.717, 1.165) is 28.0 Å². The third-order valence-electron chi connectivity index (χ3n) is 1.81. The summed E-state index contributed by atoms with van der Waals surface area (Å²) in [6.45, 7) is 2.09. The summed E-state index contributed by atoms with van der Waals surface area (Å²) in [5.74, 6) is 2.95. The molecule has 14 heavy (non-hydrogen) atoms. The van der Waals surface area contributed by atoms with Crippen LogP contribution in [0, 0.1) is 0 Å². The standard InChI is InChI=1S/C10H11NOS2/c1-2-8-3-4-9(12-8)7-14-10-11-5-6-13-10/h3-6H,2,7H2,1H3. The lowest BCUT2D eigenvalue weighted by Gasteiger charge is -1.93. The van der Waals surface area contributed by atoms with Gasteiger partial charge in [0.15, 0.2) is 0 Å². The lowest BCUT2D eigenvalue weighted by Crippen LogP contribution is -1.75. The van der Waals surface area contributed by atoms with E-state index >= 15 is 0 Å². The zero-order chi connectivity index (χ0) is 9.80. The molecule has 2 aromatic heterocycles. The topological polar surface area (TPSA) is 26.0 Å². The monoisotopic (exact) mass is 225 g/mol. The van der Waals surface area contributed by atoms with Gasteiger partial charge in [0.25, 0.3) is 0 Å². The molecular weight excluding hydrogens is 214 g/mol. The Hall–Kier alpha value is -0.740. The van der Waals surface area contributed by atoms with Crippen molar-refractivity contribution in [2.45, 2.75) is 23.4 Å². The molecule has 0 aromatic carbocycles. The van der Waals surface area contributed by atoms with Crippen molar-refractivity contribution < 1.29 is 4.42 Å². The van der Waals surface area contributed by atoms with E-state index in [-0.39, 0.29) is 0 Å². The zero-order valence-electron chi connectivity index (χ0n) is 7.90.